The standard InChI is InChI=1S/C16H17ClO/c1-2-16(18,14-9-4-3-5-10-14)12-13-8-6-7-11-15(13)17/h3-11,18H,2,12H2,1H3/t16-/m0/s1. The van der Waals surface area contributed by atoms with Gasteiger partial charge in [0.25, 0.3) is 0 Å². The van der Waals surface area contributed by atoms with Crippen LogP contribution in [0.1, 0.15) is 24.5 Å². The molecule has 0 radical (unpaired) electrons. The summed E-state index contributed by atoms with van der Waals surface area (Å²) in [6.07, 6.45) is 1.19. The van der Waals surface area contributed by atoms with Gasteiger partial charge in [0.2, 0.25) is 0 Å². The second-order valence-electron chi connectivity index (χ2n) is 4.52. The van der Waals surface area contributed by atoms with Crippen molar-refractivity contribution in [3.05, 3.63) is 70.7 Å². The normalized spacial score (nSPS) is 14.2. The largest absolute Gasteiger partial charge is 0.385 e. The SMILES string of the molecule is CC[C@](O)(Cc1ccccc1Cl)c1ccccc1. The van der Waals surface area contributed by atoms with Crippen LogP contribution in [-0.4, -0.2) is 5.11 Å². The van der Waals surface area contributed by atoms with Crippen molar-refractivity contribution in [1.29, 1.82) is 0 Å². The van der Waals surface area contributed by atoms with Gasteiger partial charge in [0.15, 0.2) is 0 Å². The highest BCUT2D eigenvalue weighted by Crippen LogP contribution is 2.31. The summed E-state index contributed by atoms with van der Waals surface area (Å²) in [5.41, 5.74) is 1.06. The van der Waals surface area contributed by atoms with Crippen molar-refractivity contribution in [3.63, 3.8) is 0 Å². The van der Waals surface area contributed by atoms with Crippen LogP contribution in [-0.2, 0) is 12.0 Å². The first-order valence-electron chi connectivity index (χ1n) is 6.17. The van der Waals surface area contributed by atoms with Crippen LogP contribution < -0.4 is 0 Å². The van der Waals surface area contributed by atoms with E-state index in [-0.39, 0.29) is 0 Å². The van der Waals surface area contributed by atoms with Crippen molar-refractivity contribution in [2.24, 2.45) is 0 Å². The predicted molar refractivity (Wildman–Crippen MR) is 75.8 cm³/mol. The fraction of sp³-hybridized carbons (Fsp3) is 0.250. The molecule has 1 atom stereocenters. The third-order valence-electron chi connectivity index (χ3n) is 3.34. The fourth-order valence-electron chi connectivity index (χ4n) is 2.14. The van der Waals surface area contributed by atoms with Crippen LogP contribution in [0.4, 0.5) is 0 Å². The second-order valence-corrected chi connectivity index (χ2v) is 4.93. The van der Waals surface area contributed by atoms with Crippen molar-refractivity contribution in [3.8, 4) is 0 Å². The highest BCUT2D eigenvalue weighted by Gasteiger charge is 2.27. The zero-order chi connectivity index (χ0) is 13.0. The summed E-state index contributed by atoms with van der Waals surface area (Å²) in [6, 6.07) is 17.4. The predicted octanol–water partition coefficient (Wildman–Crippen LogP) is 4.18. The number of halogens is 1. The van der Waals surface area contributed by atoms with Gasteiger partial charge in [0, 0.05) is 11.4 Å². The minimum atomic E-state index is -0.855. The fourth-order valence-corrected chi connectivity index (χ4v) is 2.34. The quantitative estimate of drug-likeness (QED) is 0.874. The summed E-state index contributed by atoms with van der Waals surface area (Å²) in [4.78, 5) is 0. The number of rotatable bonds is 4. The summed E-state index contributed by atoms with van der Waals surface area (Å²) in [7, 11) is 0. The van der Waals surface area contributed by atoms with Crippen molar-refractivity contribution in [2.45, 2.75) is 25.4 Å². The Balaban J connectivity index is 2.32. The lowest BCUT2D eigenvalue weighted by atomic mass is 9.85. The van der Waals surface area contributed by atoms with Crippen LogP contribution in [0.25, 0.3) is 0 Å². The van der Waals surface area contributed by atoms with Gasteiger partial charge in [-0.25, -0.2) is 0 Å². The molecule has 0 bridgehead atoms. The zero-order valence-corrected chi connectivity index (χ0v) is 11.2. The molecule has 2 heteroatoms. The van der Waals surface area contributed by atoms with Gasteiger partial charge in [-0.1, -0.05) is 67.1 Å². The Morgan fingerprint density at radius 1 is 1.00 bits per heavy atom. The Morgan fingerprint density at radius 3 is 2.22 bits per heavy atom. The average Bonchev–Trinajstić information content (AvgIpc) is 2.42. The van der Waals surface area contributed by atoms with Crippen LogP contribution in [0.2, 0.25) is 5.02 Å². The molecule has 2 rings (SSSR count). The molecule has 2 aromatic rings. The number of aliphatic hydroxyl groups is 1. The first kappa shape index (κ1) is 13.1. The van der Waals surface area contributed by atoms with Crippen LogP contribution >= 0.6 is 11.6 Å². The van der Waals surface area contributed by atoms with E-state index in [1.54, 1.807) is 0 Å². The van der Waals surface area contributed by atoms with Gasteiger partial charge in [0.1, 0.15) is 0 Å². The highest BCUT2D eigenvalue weighted by atomic mass is 35.5. The topological polar surface area (TPSA) is 20.2 Å². The molecule has 0 aliphatic rings. The van der Waals surface area contributed by atoms with Crippen LogP contribution in [0.5, 0.6) is 0 Å². The monoisotopic (exact) mass is 260 g/mol. The smallest absolute Gasteiger partial charge is 0.0934 e. The molecule has 0 heterocycles. The van der Waals surface area contributed by atoms with E-state index in [4.69, 9.17) is 11.6 Å². The third kappa shape index (κ3) is 2.74. The summed E-state index contributed by atoms with van der Waals surface area (Å²) in [5, 5.41) is 11.5. The van der Waals surface area contributed by atoms with Crippen LogP contribution in [0, 0.1) is 0 Å². The van der Waals surface area contributed by atoms with E-state index in [1.807, 2.05) is 61.5 Å². The maximum absolute atomic E-state index is 10.8. The molecule has 1 N–H and O–H groups in total. The van der Waals surface area contributed by atoms with Gasteiger partial charge in [-0.05, 0) is 23.6 Å². The first-order chi connectivity index (χ1) is 8.65. The summed E-state index contributed by atoms with van der Waals surface area (Å²) >= 11 is 6.16. The maximum atomic E-state index is 10.8. The van der Waals surface area contributed by atoms with Crippen molar-refractivity contribution >= 4 is 11.6 Å². The molecule has 0 amide bonds. The van der Waals surface area contributed by atoms with Gasteiger partial charge in [-0.2, -0.15) is 0 Å². The lowest BCUT2D eigenvalue weighted by Gasteiger charge is -2.28. The first-order valence-corrected chi connectivity index (χ1v) is 6.55. The van der Waals surface area contributed by atoms with E-state index in [0.29, 0.717) is 17.9 Å². The van der Waals surface area contributed by atoms with Crippen LogP contribution in [0.3, 0.4) is 0 Å². The van der Waals surface area contributed by atoms with Gasteiger partial charge in [-0.15, -0.1) is 0 Å². The van der Waals surface area contributed by atoms with Crippen LogP contribution in [0.15, 0.2) is 54.6 Å². The molecule has 94 valence electrons. The number of benzene rings is 2. The van der Waals surface area contributed by atoms with Crippen molar-refractivity contribution < 1.29 is 5.11 Å². The molecule has 0 aliphatic carbocycles. The molecule has 0 unspecified atom stereocenters. The molecule has 0 spiro atoms. The Labute approximate surface area is 113 Å². The van der Waals surface area contributed by atoms with E-state index < -0.39 is 5.60 Å². The molecule has 0 aliphatic heterocycles. The Bertz CT molecular complexity index is 510. The molecule has 0 saturated carbocycles. The van der Waals surface area contributed by atoms with Crippen molar-refractivity contribution in [1.82, 2.24) is 0 Å². The number of hydrogen-bond acceptors (Lipinski definition) is 1. The summed E-state index contributed by atoms with van der Waals surface area (Å²) < 4.78 is 0. The number of hydrogen-bond donors (Lipinski definition) is 1. The molecule has 0 aromatic heterocycles. The minimum absolute atomic E-state index is 0.535. The van der Waals surface area contributed by atoms with Gasteiger partial charge < -0.3 is 5.11 Å². The third-order valence-corrected chi connectivity index (χ3v) is 3.71. The highest BCUT2D eigenvalue weighted by molar-refractivity contribution is 6.31. The van der Waals surface area contributed by atoms with E-state index in [1.165, 1.54) is 0 Å². The van der Waals surface area contributed by atoms with E-state index in [9.17, 15) is 5.11 Å². The molecular weight excluding hydrogens is 244 g/mol. The maximum Gasteiger partial charge on any atom is 0.0934 e. The molecule has 0 saturated heterocycles. The minimum Gasteiger partial charge on any atom is -0.385 e. The van der Waals surface area contributed by atoms with E-state index >= 15 is 0 Å². The van der Waals surface area contributed by atoms with Crippen molar-refractivity contribution in [2.75, 3.05) is 0 Å². The molecule has 18 heavy (non-hydrogen) atoms. The molecule has 1 nitrogen and oxygen atoms in total. The average molecular weight is 261 g/mol. The van der Waals surface area contributed by atoms with Gasteiger partial charge in [0.05, 0.1) is 5.60 Å². The lowest BCUT2D eigenvalue weighted by molar-refractivity contribution is 0.0327. The zero-order valence-electron chi connectivity index (χ0n) is 10.4. The molecule has 0 fully saturated rings. The van der Waals surface area contributed by atoms with Gasteiger partial charge >= 0.3 is 0 Å². The van der Waals surface area contributed by atoms with E-state index in [0.717, 1.165) is 11.1 Å². The Morgan fingerprint density at radius 2 is 1.61 bits per heavy atom. The molecule has 2 aromatic carbocycles. The Hall–Kier alpha value is -1.31. The second kappa shape index (κ2) is 5.55. The van der Waals surface area contributed by atoms with Gasteiger partial charge in [-0.3, -0.25) is 0 Å². The summed E-state index contributed by atoms with van der Waals surface area (Å²) in [5.74, 6) is 0. The summed E-state index contributed by atoms with van der Waals surface area (Å²) in [6.45, 7) is 1.99. The lowest BCUT2D eigenvalue weighted by Crippen LogP contribution is -2.27. The molecular formula is C16H17ClO. The van der Waals surface area contributed by atoms with E-state index in [2.05, 4.69) is 0 Å². The Kier molecular flexibility index (Phi) is 4.05.